The Morgan fingerprint density at radius 3 is 2.00 bits per heavy atom. The molecule has 0 aromatic rings. The van der Waals surface area contributed by atoms with E-state index in [1.54, 1.807) is 0 Å². The zero-order valence-corrected chi connectivity index (χ0v) is 13.3. The van der Waals surface area contributed by atoms with Crippen LogP contribution in [0.5, 0.6) is 0 Å². The molecular weight excluding hydrogens is 240 g/mol. The predicted octanol–water partition coefficient (Wildman–Crippen LogP) is 5.24. The molecule has 1 nitrogen and oxygen atoms in total. The van der Waals surface area contributed by atoms with E-state index in [1.165, 1.54) is 64.2 Å². The summed E-state index contributed by atoms with van der Waals surface area (Å²) in [4.78, 5) is 0. The number of thiol groups is 1. The van der Waals surface area contributed by atoms with Gasteiger partial charge < -0.3 is 4.74 Å². The summed E-state index contributed by atoms with van der Waals surface area (Å²) in [6, 6.07) is 0. The minimum Gasteiger partial charge on any atom is -0.378 e. The maximum absolute atomic E-state index is 6.28. The van der Waals surface area contributed by atoms with Crippen LogP contribution in [0.3, 0.4) is 0 Å². The van der Waals surface area contributed by atoms with E-state index in [-0.39, 0.29) is 0 Å². The molecule has 0 unspecified atom stereocenters. The molecule has 0 N–H and O–H groups in total. The lowest BCUT2D eigenvalue weighted by Gasteiger charge is -2.33. The fourth-order valence-corrected chi connectivity index (χ4v) is 3.64. The van der Waals surface area contributed by atoms with E-state index in [2.05, 4.69) is 26.5 Å². The molecule has 1 aliphatic rings. The van der Waals surface area contributed by atoms with E-state index in [0.29, 0.717) is 11.5 Å². The maximum atomic E-state index is 6.28. The lowest BCUT2D eigenvalue weighted by atomic mass is 9.82. The SMILES string of the molecule is CCCC(CS)(CCC)COC1CCCCCC1. The molecule has 0 amide bonds. The van der Waals surface area contributed by atoms with Crippen LogP contribution >= 0.6 is 12.6 Å². The van der Waals surface area contributed by atoms with Crippen molar-refractivity contribution in [1.82, 2.24) is 0 Å². The van der Waals surface area contributed by atoms with Crippen molar-refractivity contribution in [2.75, 3.05) is 12.4 Å². The van der Waals surface area contributed by atoms with Crippen molar-refractivity contribution in [3.63, 3.8) is 0 Å². The molecule has 0 spiro atoms. The second-order valence-electron chi connectivity index (χ2n) is 6.08. The lowest BCUT2D eigenvalue weighted by molar-refractivity contribution is -0.0149. The van der Waals surface area contributed by atoms with E-state index < -0.39 is 0 Å². The maximum Gasteiger partial charge on any atom is 0.0575 e. The first kappa shape index (κ1) is 16.4. The summed E-state index contributed by atoms with van der Waals surface area (Å²) >= 11 is 4.61. The highest BCUT2D eigenvalue weighted by molar-refractivity contribution is 7.80. The van der Waals surface area contributed by atoms with Gasteiger partial charge in [-0.3, -0.25) is 0 Å². The summed E-state index contributed by atoms with van der Waals surface area (Å²) in [6.07, 6.45) is 13.6. The second kappa shape index (κ2) is 9.25. The first-order chi connectivity index (χ1) is 8.76. The molecule has 0 radical (unpaired) electrons. The van der Waals surface area contributed by atoms with Crippen molar-refractivity contribution in [3.05, 3.63) is 0 Å². The fourth-order valence-electron chi connectivity index (χ4n) is 3.24. The number of ether oxygens (including phenoxy) is 1. The van der Waals surface area contributed by atoms with E-state index >= 15 is 0 Å². The highest BCUT2D eigenvalue weighted by Crippen LogP contribution is 2.33. The number of hydrogen-bond donors (Lipinski definition) is 1. The van der Waals surface area contributed by atoms with Crippen LogP contribution in [-0.4, -0.2) is 18.5 Å². The first-order valence-electron chi connectivity index (χ1n) is 7.99. The molecule has 1 rings (SSSR count). The quantitative estimate of drug-likeness (QED) is 0.469. The largest absolute Gasteiger partial charge is 0.378 e. The smallest absolute Gasteiger partial charge is 0.0575 e. The summed E-state index contributed by atoms with van der Waals surface area (Å²) in [6.45, 7) is 5.49. The van der Waals surface area contributed by atoms with Gasteiger partial charge in [-0.05, 0) is 31.4 Å². The highest BCUT2D eigenvalue weighted by atomic mass is 32.1. The Hall–Kier alpha value is 0.310. The van der Waals surface area contributed by atoms with E-state index in [1.807, 2.05) is 0 Å². The minimum atomic E-state index is 0.332. The van der Waals surface area contributed by atoms with Crippen molar-refractivity contribution in [2.45, 2.75) is 84.2 Å². The van der Waals surface area contributed by atoms with Crippen LogP contribution in [-0.2, 0) is 4.74 Å². The predicted molar refractivity (Wildman–Crippen MR) is 83.5 cm³/mol. The van der Waals surface area contributed by atoms with Gasteiger partial charge in [-0.1, -0.05) is 52.4 Å². The third kappa shape index (κ3) is 5.52. The van der Waals surface area contributed by atoms with Crippen molar-refractivity contribution in [1.29, 1.82) is 0 Å². The monoisotopic (exact) mass is 272 g/mol. The molecular formula is C16H32OS. The Labute approximate surface area is 119 Å². The third-order valence-electron chi connectivity index (χ3n) is 4.32. The molecule has 1 fully saturated rings. The molecule has 0 aromatic carbocycles. The number of rotatable bonds is 8. The normalized spacial score (nSPS) is 18.8. The molecule has 0 atom stereocenters. The van der Waals surface area contributed by atoms with Gasteiger partial charge in [0, 0.05) is 5.41 Å². The molecule has 0 saturated heterocycles. The van der Waals surface area contributed by atoms with Crippen molar-refractivity contribution < 1.29 is 4.74 Å². The molecule has 0 aliphatic heterocycles. The molecule has 1 aliphatic carbocycles. The minimum absolute atomic E-state index is 0.332. The van der Waals surface area contributed by atoms with Crippen LogP contribution in [0, 0.1) is 5.41 Å². The Bertz CT molecular complexity index is 191. The Kier molecular flexibility index (Phi) is 8.41. The van der Waals surface area contributed by atoms with Gasteiger partial charge in [0.15, 0.2) is 0 Å². The van der Waals surface area contributed by atoms with Gasteiger partial charge in [0.25, 0.3) is 0 Å². The zero-order chi connectivity index (χ0) is 13.3. The molecule has 18 heavy (non-hydrogen) atoms. The molecule has 0 bridgehead atoms. The van der Waals surface area contributed by atoms with Gasteiger partial charge in [-0.25, -0.2) is 0 Å². The molecule has 108 valence electrons. The summed E-state index contributed by atoms with van der Waals surface area (Å²) < 4.78 is 6.28. The standard InChI is InChI=1S/C16H32OS/c1-3-11-16(14-18,12-4-2)13-17-15-9-7-5-6-8-10-15/h15,18H,3-14H2,1-2H3. The zero-order valence-electron chi connectivity index (χ0n) is 12.4. The molecule has 2 heteroatoms. The van der Waals surface area contributed by atoms with E-state index in [0.717, 1.165) is 12.4 Å². The summed E-state index contributed by atoms with van der Waals surface area (Å²) in [7, 11) is 0. The van der Waals surface area contributed by atoms with Gasteiger partial charge in [0.2, 0.25) is 0 Å². The van der Waals surface area contributed by atoms with Gasteiger partial charge in [-0.2, -0.15) is 12.6 Å². The van der Waals surface area contributed by atoms with Crippen molar-refractivity contribution in [3.8, 4) is 0 Å². The molecule has 1 saturated carbocycles. The topological polar surface area (TPSA) is 9.23 Å². The Morgan fingerprint density at radius 1 is 1.00 bits per heavy atom. The summed E-state index contributed by atoms with van der Waals surface area (Å²) in [5.41, 5.74) is 0.332. The molecule has 0 aromatic heterocycles. The fraction of sp³-hybridized carbons (Fsp3) is 1.00. The third-order valence-corrected chi connectivity index (χ3v) is 4.99. The van der Waals surface area contributed by atoms with Gasteiger partial charge in [0.1, 0.15) is 0 Å². The van der Waals surface area contributed by atoms with Gasteiger partial charge in [0.05, 0.1) is 12.7 Å². The van der Waals surface area contributed by atoms with Crippen LogP contribution in [0.25, 0.3) is 0 Å². The van der Waals surface area contributed by atoms with Gasteiger partial charge in [-0.15, -0.1) is 0 Å². The lowest BCUT2D eigenvalue weighted by Crippen LogP contribution is -2.31. The average molecular weight is 272 g/mol. The van der Waals surface area contributed by atoms with Gasteiger partial charge >= 0.3 is 0 Å². The van der Waals surface area contributed by atoms with Crippen LogP contribution in [0.15, 0.2) is 0 Å². The van der Waals surface area contributed by atoms with E-state index in [9.17, 15) is 0 Å². The summed E-state index contributed by atoms with van der Waals surface area (Å²) in [5, 5.41) is 0. The van der Waals surface area contributed by atoms with Crippen LogP contribution in [0.4, 0.5) is 0 Å². The van der Waals surface area contributed by atoms with Crippen molar-refractivity contribution in [2.24, 2.45) is 5.41 Å². The number of hydrogen-bond acceptors (Lipinski definition) is 2. The van der Waals surface area contributed by atoms with Crippen LogP contribution in [0.1, 0.15) is 78.1 Å². The Balaban J connectivity index is 2.43. The van der Waals surface area contributed by atoms with Crippen LogP contribution in [0.2, 0.25) is 0 Å². The van der Waals surface area contributed by atoms with Crippen molar-refractivity contribution >= 4 is 12.6 Å². The van der Waals surface area contributed by atoms with E-state index in [4.69, 9.17) is 4.74 Å². The highest BCUT2D eigenvalue weighted by Gasteiger charge is 2.28. The van der Waals surface area contributed by atoms with Crippen LogP contribution < -0.4 is 0 Å². The average Bonchev–Trinajstić information content (AvgIpc) is 2.65. The first-order valence-corrected chi connectivity index (χ1v) is 8.62. The second-order valence-corrected chi connectivity index (χ2v) is 6.40. The summed E-state index contributed by atoms with van der Waals surface area (Å²) in [5.74, 6) is 0.974. The Morgan fingerprint density at radius 2 is 1.56 bits per heavy atom. The molecule has 0 heterocycles.